The van der Waals surface area contributed by atoms with Gasteiger partial charge >= 0.3 is 0 Å². The van der Waals surface area contributed by atoms with Crippen molar-refractivity contribution in [3.8, 4) is 0 Å². The van der Waals surface area contributed by atoms with Gasteiger partial charge in [-0.05, 0) is 70.3 Å². The van der Waals surface area contributed by atoms with Crippen LogP contribution in [0.15, 0.2) is 65.6 Å². The first kappa shape index (κ1) is 23.9. The first-order valence-electron chi connectivity index (χ1n) is 12.2. The zero-order valence-corrected chi connectivity index (χ0v) is 20.2. The van der Waals surface area contributed by atoms with Crippen molar-refractivity contribution < 1.29 is 4.79 Å². The summed E-state index contributed by atoms with van der Waals surface area (Å²) < 4.78 is 2.08. The van der Waals surface area contributed by atoms with E-state index < -0.39 is 0 Å². The molecule has 0 saturated carbocycles. The smallest absolute Gasteiger partial charge is 0.257 e. The van der Waals surface area contributed by atoms with Gasteiger partial charge < -0.3 is 14.8 Å². The zero-order valence-electron chi connectivity index (χ0n) is 20.2. The molecule has 1 N–H and O–H groups in total. The van der Waals surface area contributed by atoms with Crippen molar-refractivity contribution >= 4 is 5.91 Å². The minimum Gasteiger partial charge on any atom is -0.352 e. The Hall–Kier alpha value is -3.25. The molecule has 6 heteroatoms. The third kappa shape index (κ3) is 5.81. The van der Waals surface area contributed by atoms with Crippen LogP contribution in [-0.4, -0.2) is 46.5 Å². The Balaban J connectivity index is 1.62. The van der Waals surface area contributed by atoms with Gasteiger partial charge in [-0.3, -0.25) is 14.6 Å². The van der Waals surface area contributed by atoms with Crippen LogP contribution in [0.5, 0.6) is 0 Å². The lowest BCUT2D eigenvalue weighted by atomic mass is 10.0. The van der Waals surface area contributed by atoms with Crippen molar-refractivity contribution in [3.63, 3.8) is 0 Å². The minimum absolute atomic E-state index is 0.215. The van der Waals surface area contributed by atoms with E-state index in [0.717, 1.165) is 42.9 Å². The number of hydrogen-bond donors (Lipinski definition) is 1. The number of aromatic nitrogens is 2. The number of hydrogen-bond acceptors (Lipinski definition) is 4. The molecule has 1 aliphatic rings. The number of carbonyl (C=O) groups is 1. The fourth-order valence-corrected chi connectivity index (χ4v) is 4.90. The van der Waals surface area contributed by atoms with E-state index in [4.69, 9.17) is 0 Å². The maximum Gasteiger partial charge on any atom is 0.257 e. The van der Waals surface area contributed by atoms with Gasteiger partial charge in [0.05, 0.1) is 12.2 Å². The van der Waals surface area contributed by atoms with E-state index in [9.17, 15) is 9.59 Å². The van der Waals surface area contributed by atoms with Crippen LogP contribution < -0.4 is 10.7 Å². The second kappa shape index (κ2) is 11.3. The van der Waals surface area contributed by atoms with E-state index in [1.165, 1.54) is 12.0 Å². The number of carbonyl (C=O) groups excluding carboxylic acids is 1. The molecule has 1 atom stereocenters. The van der Waals surface area contributed by atoms with Crippen molar-refractivity contribution in [1.29, 1.82) is 0 Å². The second-order valence-corrected chi connectivity index (χ2v) is 9.19. The molecule has 178 valence electrons. The summed E-state index contributed by atoms with van der Waals surface area (Å²) in [7, 11) is 2.14. The second-order valence-electron chi connectivity index (χ2n) is 9.19. The Labute approximate surface area is 201 Å². The monoisotopic (exact) mass is 458 g/mol. The van der Waals surface area contributed by atoms with Crippen molar-refractivity contribution in [2.24, 2.45) is 0 Å². The summed E-state index contributed by atoms with van der Waals surface area (Å²) in [5, 5.41) is 3.04. The molecule has 3 aromatic rings. The summed E-state index contributed by atoms with van der Waals surface area (Å²) in [6.45, 7) is 4.12. The van der Waals surface area contributed by atoms with Crippen molar-refractivity contribution in [1.82, 2.24) is 19.8 Å². The fraction of sp³-hybridized carbons (Fsp3) is 0.393. The molecule has 2 aromatic heterocycles. The summed E-state index contributed by atoms with van der Waals surface area (Å²) in [4.78, 5) is 33.2. The largest absolute Gasteiger partial charge is 0.352 e. The number of rotatable bonds is 9. The molecule has 1 aromatic carbocycles. The Bertz CT molecular complexity index is 1160. The van der Waals surface area contributed by atoms with Crippen LogP contribution in [0.2, 0.25) is 0 Å². The predicted molar refractivity (Wildman–Crippen MR) is 135 cm³/mol. The first-order chi connectivity index (χ1) is 16.5. The molecule has 0 unspecified atom stereocenters. The van der Waals surface area contributed by atoms with Crippen molar-refractivity contribution in [3.05, 3.63) is 99.2 Å². The first-order valence-corrected chi connectivity index (χ1v) is 12.2. The summed E-state index contributed by atoms with van der Waals surface area (Å²) in [6, 6.07) is 18.1. The van der Waals surface area contributed by atoms with Crippen LogP contribution in [0.1, 0.15) is 52.3 Å². The predicted octanol–water partition coefficient (Wildman–Crippen LogP) is 3.60. The van der Waals surface area contributed by atoms with Gasteiger partial charge in [0.1, 0.15) is 5.56 Å². The van der Waals surface area contributed by atoms with Gasteiger partial charge in [0, 0.05) is 36.2 Å². The van der Waals surface area contributed by atoms with Gasteiger partial charge in [-0.25, -0.2) is 0 Å². The average molecular weight is 459 g/mol. The van der Waals surface area contributed by atoms with E-state index in [0.29, 0.717) is 25.6 Å². The van der Waals surface area contributed by atoms with E-state index in [1.54, 1.807) is 12.3 Å². The maximum absolute atomic E-state index is 13.3. The molecule has 1 fully saturated rings. The third-order valence-corrected chi connectivity index (χ3v) is 6.83. The van der Waals surface area contributed by atoms with Gasteiger partial charge in [-0.15, -0.1) is 0 Å². The third-order valence-electron chi connectivity index (χ3n) is 6.83. The zero-order chi connectivity index (χ0) is 23.9. The Morgan fingerprint density at radius 2 is 1.91 bits per heavy atom. The number of amides is 1. The van der Waals surface area contributed by atoms with Crippen molar-refractivity contribution in [2.45, 2.75) is 51.6 Å². The molecule has 0 radical (unpaired) electrons. The molecular weight excluding hydrogens is 424 g/mol. The molecule has 1 saturated heterocycles. The summed E-state index contributed by atoms with van der Waals surface area (Å²) >= 11 is 0. The van der Waals surface area contributed by atoms with E-state index in [1.807, 2.05) is 43.3 Å². The average Bonchev–Trinajstić information content (AvgIpc) is 3.25. The number of benzene rings is 1. The molecule has 6 nitrogen and oxygen atoms in total. The van der Waals surface area contributed by atoms with E-state index >= 15 is 0 Å². The SMILES string of the molecule is Cc1cc(=O)c(C(=O)NCC[C@@H]2CCCN2C)c(CCc2ccccc2)n1Cc1ccccn1. The fourth-order valence-electron chi connectivity index (χ4n) is 4.90. The normalized spacial score (nSPS) is 16.0. The van der Waals surface area contributed by atoms with Crippen LogP contribution in [-0.2, 0) is 19.4 Å². The van der Waals surface area contributed by atoms with Gasteiger partial charge in [0.2, 0.25) is 0 Å². The van der Waals surface area contributed by atoms with Gasteiger partial charge in [0.15, 0.2) is 5.43 Å². The van der Waals surface area contributed by atoms with Crippen LogP contribution in [0.4, 0.5) is 0 Å². The number of nitrogens with zero attached hydrogens (tertiary/aromatic N) is 3. The summed E-state index contributed by atoms with van der Waals surface area (Å²) in [5.74, 6) is -0.275. The lowest BCUT2D eigenvalue weighted by molar-refractivity contribution is 0.0947. The summed E-state index contributed by atoms with van der Waals surface area (Å²) in [5.41, 5.74) is 3.73. The Morgan fingerprint density at radius 3 is 2.62 bits per heavy atom. The van der Waals surface area contributed by atoms with Crippen LogP contribution in [0.25, 0.3) is 0 Å². The van der Waals surface area contributed by atoms with Crippen molar-refractivity contribution in [2.75, 3.05) is 20.1 Å². The molecule has 0 spiro atoms. The van der Waals surface area contributed by atoms with Gasteiger partial charge in [0.25, 0.3) is 5.91 Å². The highest BCUT2D eigenvalue weighted by molar-refractivity contribution is 5.95. The molecule has 4 rings (SSSR count). The number of aryl methyl sites for hydroxylation is 2. The molecule has 3 heterocycles. The van der Waals surface area contributed by atoms with Crippen LogP contribution in [0.3, 0.4) is 0 Å². The van der Waals surface area contributed by atoms with Crippen LogP contribution >= 0.6 is 0 Å². The molecule has 1 amide bonds. The maximum atomic E-state index is 13.3. The Morgan fingerprint density at radius 1 is 1.12 bits per heavy atom. The standard InChI is InChI=1S/C28H34N4O2/c1-21-19-26(33)27(28(34)30-17-15-24-12-8-18-31(24)2)25(14-13-22-9-4-3-5-10-22)32(21)20-23-11-6-7-16-29-23/h3-7,9-11,16,19,24H,8,12-15,17-18,20H2,1-2H3,(H,30,34)/t24-/m0/s1. The highest BCUT2D eigenvalue weighted by Crippen LogP contribution is 2.18. The number of nitrogens with one attached hydrogen (secondary N) is 1. The van der Waals surface area contributed by atoms with Gasteiger partial charge in [-0.2, -0.15) is 0 Å². The molecule has 34 heavy (non-hydrogen) atoms. The molecule has 1 aliphatic heterocycles. The molecule has 0 aliphatic carbocycles. The molecular formula is C28H34N4O2. The van der Waals surface area contributed by atoms with E-state index in [-0.39, 0.29) is 16.9 Å². The summed E-state index contributed by atoms with van der Waals surface area (Å²) in [6.07, 6.45) is 6.38. The van der Waals surface area contributed by atoms with E-state index in [2.05, 4.69) is 38.9 Å². The number of pyridine rings is 2. The quantitative estimate of drug-likeness (QED) is 0.532. The highest BCUT2D eigenvalue weighted by atomic mass is 16.2. The Kier molecular flexibility index (Phi) is 7.91. The lowest BCUT2D eigenvalue weighted by Crippen LogP contribution is -2.36. The number of likely N-dealkylation sites (tertiary alicyclic amines) is 1. The minimum atomic E-state index is -0.275. The topological polar surface area (TPSA) is 67.2 Å². The highest BCUT2D eigenvalue weighted by Gasteiger charge is 2.23. The molecule has 0 bridgehead atoms. The van der Waals surface area contributed by atoms with Gasteiger partial charge in [-0.1, -0.05) is 36.4 Å². The van der Waals surface area contributed by atoms with Crippen LogP contribution in [0, 0.1) is 6.92 Å². The lowest BCUT2D eigenvalue weighted by Gasteiger charge is -2.21.